The van der Waals surface area contributed by atoms with E-state index in [-0.39, 0.29) is 26.0 Å². The molecule has 1 N–H and O–H groups in total. The van der Waals surface area contributed by atoms with Crippen molar-refractivity contribution in [1.29, 1.82) is 0 Å². The van der Waals surface area contributed by atoms with Crippen LogP contribution < -0.4 is 4.74 Å². The van der Waals surface area contributed by atoms with E-state index in [1.165, 1.54) is 6.07 Å². The second kappa shape index (κ2) is 12.9. The Kier molecular flexibility index (Phi) is 9.29. The Hall–Kier alpha value is -2.91. The fourth-order valence-corrected chi connectivity index (χ4v) is 7.12. The predicted molar refractivity (Wildman–Crippen MR) is 179 cm³/mol. The number of hydrogen-bond acceptors (Lipinski definition) is 9. The van der Waals surface area contributed by atoms with Gasteiger partial charge in [0.25, 0.3) is 0 Å². The number of aliphatic hydroxyl groups is 1. The normalized spacial score (nSPS) is 21.6. The number of aromatic nitrogens is 3. The number of halogens is 2. The Bertz CT molecular complexity index is 1870. The van der Waals surface area contributed by atoms with Gasteiger partial charge in [-0.05, 0) is 35.9 Å². The van der Waals surface area contributed by atoms with Gasteiger partial charge in [0.2, 0.25) is 0 Å². The first-order valence-electron chi connectivity index (χ1n) is 15.1. The first kappa shape index (κ1) is 33.0. The van der Waals surface area contributed by atoms with Gasteiger partial charge < -0.3 is 24.1 Å². The number of hydrogen-bond donors (Lipinski definition) is 1. The number of benzene rings is 2. The molecule has 4 atom stereocenters. The first-order chi connectivity index (χ1) is 21.8. The molecule has 2 aromatic heterocycles. The SMILES string of the molecule is C[Si](C)(C)CCOCn1c(O[C@@H]2CO[C@H]3[C@@H]2OC[C@H]3O)nc2cc(Cl)c(-c3ccc(-c4ccc(N=S(C)(C)=O)cc4)c(F)c3)nc21. The van der Waals surface area contributed by atoms with Crippen molar-refractivity contribution in [3.63, 3.8) is 0 Å². The minimum Gasteiger partial charge on any atom is -0.456 e. The van der Waals surface area contributed by atoms with Crippen LogP contribution in [0.5, 0.6) is 6.01 Å². The molecule has 0 unspecified atom stereocenters. The van der Waals surface area contributed by atoms with Crippen molar-refractivity contribution in [2.75, 3.05) is 32.3 Å². The maximum atomic E-state index is 15.5. The molecule has 0 aliphatic carbocycles. The first-order valence-corrected chi connectivity index (χ1v) is 21.5. The Morgan fingerprint density at radius 2 is 1.78 bits per heavy atom. The van der Waals surface area contributed by atoms with Crippen molar-refractivity contribution in [3.8, 4) is 28.4 Å². The van der Waals surface area contributed by atoms with Gasteiger partial charge in [-0.1, -0.05) is 55.5 Å². The second-order valence-electron chi connectivity index (χ2n) is 13.2. The average molecular weight is 689 g/mol. The molecule has 2 saturated heterocycles. The van der Waals surface area contributed by atoms with Crippen molar-refractivity contribution in [1.82, 2.24) is 14.5 Å². The average Bonchev–Trinajstić information content (AvgIpc) is 3.64. The predicted octanol–water partition coefficient (Wildman–Crippen LogP) is 6.14. The van der Waals surface area contributed by atoms with Crippen LogP contribution in [-0.2, 0) is 30.7 Å². The zero-order chi connectivity index (χ0) is 32.8. The standard InChI is InChI=1S/C32H38ClFN4O6SSi/c1-45(2,40)37-21-9-6-19(7-10-21)22-11-8-20(14-24(22)34)28-23(33)15-25-31(36-28)38(18-41-12-13-46(3,4)5)32(35-25)44-27-17-43-29-26(39)16-42-30(27)29/h6-11,14-15,26-27,29-30,39H,12-13,16-18H2,1-5H3/t26-,27-,29-,30-/m1/s1. The third kappa shape index (κ3) is 7.30. The summed E-state index contributed by atoms with van der Waals surface area (Å²) < 4.78 is 57.4. The van der Waals surface area contributed by atoms with E-state index >= 15 is 4.39 Å². The van der Waals surface area contributed by atoms with Gasteiger partial charge >= 0.3 is 6.01 Å². The van der Waals surface area contributed by atoms with Gasteiger partial charge in [-0.25, -0.2) is 13.6 Å². The van der Waals surface area contributed by atoms with Crippen molar-refractivity contribution < 1.29 is 32.7 Å². The lowest BCUT2D eigenvalue weighted by atomic mass is 10.0. The third-order valence-corrected chi connectivity index (χ3v) is 10.5. The molecule has 2 aromatic carbocycles. The molecule has 246 valence electrons. The van der Waals surface area contributed by atoms with Gasteiger partial charge in [0, 0.05) is 48.0 Å². The number of ether oxygens (including phenoxy) is 4. The quantitative estimate of drug-likeness (QED) is 0.156. The van der Waals surface area contributed by atoms with Crippen LogP contribution in [0.25, 0.3) is 33.5 Å². The van der Waals surface area contributed by atoms with E-state index in [0.717, 1.165) is 6.04 Å². The monoisotopic (exact) mass is 688 g/mol. The van der Waals surface area contributed by atoms with E-state index in [0.29, 0.717) is 50.9 Å². The van der Waals surface area contributed by atoms with Crippen molar-refractivity contribution >= 4 is 46.3 Å². The van der Waals surface area contributed by atoms with Crippen LogP contribution >= 0.6 is 11.6 Å². The summed E-state index contributed by atoms with van der Waals surface area (Å²) in [4.78, 5) is 9.53. The van der Waals surface area contributed by atoms with E-state index in [4.69, 9.17) is 35.5 Å². The summed E-state index contributed by atoms with van der Waals surface area (Å²) in [5, 5.41) is 10.5. The minimum atomic E-state index is -2.30. The summed E-state index contributed by atoms with van der Waals surface area (Å²) in [5.41, 5.74) is 3.46. The number of imidazole rings is 1. The van der Waals surface area contributed by atoms with E-state index in [2.05, 4.69) is 29.0 Å². The Morgan fingerprint density at radius 1 is 1.07 bits per heavy atom. The highest BCUT2D eigenvalue weighted by Gasteiger charge is 2.49. The largest absolute Gasteiger partial charge is 0.456 e. The van der Waals surface area contributed by atoms with Gasteiger partial charge in [0.15, 0.2) is 11.8 Å². The number of rotatable bonds is 10. The molecule has 0 amide bonds. The summed E-state index contributed by atoms with van der Waals surface area (Å²) in [5.74, 6) is -0.448. The molecular weight excluding hydrogens is 651 g/mol. The number of nitrogens with zero attached hydrogens (tertiary/aromatic N) is 4. The summed E-state index contributed by atoms with van der Waals surface area (Å²) in [7, 11) is -3.63. The summed E-state index contributed by atoms with van der Waals surface area (Å²) in [6.07, 6.45) is 1.07. The van der Waals surface area contributed by atoms with Gasteiger partial charge in [0.05, 0.1) is 29.6 Å². The zero-order valence-corrected chi connectivity index (χ0v) is 29.0. The summed E-state index contributed by atoms with van der Waals surface area (Å²) in [6, 6.07) is 14.7. The fraction of sp³-hybridized carbons (Fsp3) is 0.438. The maximum absolute atomic E-state index is 15.5. The molecule has 0 radical (unpaired) electrons. The molecule has 6 rings (SSSR count). The smallest absolute Gasteiger partial charge is 0.301 e. The summed E-state index contributed by atoms with van der Waals surface area (Å²) in [6.45, 7) is 7.98. The molecule has 10 nitrogen and oxygen atoms in total. The van der Waals surface area contributed by atoms with Crippen LogP contribution in [-0.4, -0.2) is 88.7 Å². The Balaban J connectivity index is 1.32. The van der Waals surface area contributed by atoms with Crippen molar-refractivity contribution in [2.45, 2.75) is 56.8 Å². The highest BCUT2D eigenvalue weighted by molar-refractivity contribution is 7.92. The molecule has 2 aliphatic heterocycles. The summed E-state index contributed by atoms with van der Waals surface area (Å²) >= 11 is 6.71. The molecule has 4 heterocycles. The van der Waals surface area contributed by atoms with Gasteiger partial charge in [-0.2, -0.15) is 9.35 Å². The van der Waals surface area contributed by atoms with E-state index < -0.39 is 48.0 Å². The van der Waals surface area contributed by atoms with Gasteiger partial charge in [0.1, 0.15) is 36.4 Å². The third-order valence-electron chi connectivity index (χ3n) is 7.84. The van der Waals surface area contributed by atoms with Crippen LogP contribution in [0.4, 0.5) is 10.1 Å². The molecule has 2 fully saturated rings. The van der Waals surface area contributed by atoms with E-state index in [9.17, 15) is 9.32 Å². The number of aliphatic hydroxyl groups excluding tert-OH is 1. The molecule has 4 aromatic rings. The van der Waals surface area contributed by atoms with Crippen molar-refractivity contribution in [2.24, 2.45) is 4.36 Å². The molecule has 46 heavy (non-hydrogen) atoms. The highest BCUT2D eigenvalue weighted by atomic mass is 35.5. The topological polar surface area (TPSA) is 117 Å². The van der Waals surface area contributed by atoms with Gasteiger partial charge in [-0.3, -0.25) is 4.57 Å². The van der Waals surface area contributed by atoms with Crippen LogP contribution in [0.1, 0.15) is 0 Å². The lowest BCUT2D eigenvalue weighted by Gasteiger charge is -2.19. The fourth-order valence-electron chi connectivity index (χ4n) is 5.48. The minimum absolute atomic E-state index is 0.135. The molecular formula is C32H38ClFN4O6SSi. The maximum Gasteiger partial charge on any atom is 0.301 e. The van der Waals surface area contributed by atoms with Crippen LogP contribution in [0.2, 0.25) is 30.7 Å². The highest BCUT2D eigenvalue weighted by Crippen LogP contribution is 2.36. The molecule has 2 aliphatic rings. The zero-order valence-electron chi connectivity index (χ0n) is 26.4. The van der Waals surface area contributed by atoms with Crippen LogP contribution in [0.3, 0.4) is 0 Å². The second-order valence-corrected chi connectivity index (χ2v) is 21.7. The molecule has 0 saturated carbocycles. The number of fused-ring (bicyclic) bond motifs is 2. The lowest BCUT2D eigenvalue weighted by Crippen LogP contribution is -2.35. The van der Waals surface area contributed by atoms with Crippen LogP contribution in [0.15, 0.2) is 52.9 Å². The van der Waals surface area contributed by atoms with E-state index in [1.807, 2.05) is 0 Å². The Labute approximate surface area is 274 Å². The van der Waals surface area contributed by atoms with Crippen molar-refractivity contribution in [3.05, 3.63) is 59.4 Å². The lowest BCUT2D eigenvalue weighted by molar-refractivity contribution is 0.00336. The molecule has 0 spiro atoms. The van der Waals surface area contributed by atoms with Gasteiger partial charge in [-0.15, -0.1) is 0 Å². The molecule has 0 bridgehead atoms. The molecule has 14 heteroatoms. The Morgan fingerprint density at radius 3 is 2.48 bits per heavy atom. The number of pyridine rings is 1. The van der Waals surface area contributed by atoms with E-state index in [1.54, 1.807) is 59.5 Å². The van der Waals surface area contributed by atoms with Crippen LogP contribution in [0, 0.1) is 5.82 Å².